The van der Waals surface area contributed by atoms with Crippen molar-refractivity contribution in [1.29, 1.82) is 0 Å². The largest absolute Gasteiger partial charge is 0.300 e. The standard InChI is InChI=1S/C13H16OS/c1-8-5-9-7-13(2)4-3-10(14)6-11(13)12(9)15-8/h5,11H,3-4,6-7H2,1-2H3/t11-,13+/m1/s1. The zero-order valence-corrected chi connectivity index (χ0v) is 10.1. The van der Waals surface area contributed by atoms with Crippen molar-refractivity contribution < 1.29 is 4.79 Å². The molecule has 2 heteroatoms. The number of carbonyl (C=O) groups is 1. The first-order chi connectivity index (χ1) is 7.08. The van der Waals surface area contributed by atoms with Gasteiger partial charge in [-0.3, -0.25) is 4.79 Å². The predicted octanol–water partition coefficient (Wildman–Crippen LogP) is 3.46. The SMILES string of the molecule is Cc1cc2c(s1)[C@H]1CC(=O)CC[C@@]1(C)C2. The molecule has 1 aromatic heterocycles. The van der Waals surface area contributed by atoms with Crippen LogP contribution in [0, 0.1) is 12.3 Å². The summed E-state index contributed by atoms with van der Waals surface area (Å²) in [4.78, 5) is 14.5. The van der Waals surface area contributed by atoms with Gasteiger partial charge in [-0.25, -0.2) is 0 Å². The van der Waals surface area contributed by atoms with Gasteiger partial charge in [0.15, 0.2) is 0 Å². The second kappa shape index (κ2) is 2.94. The second-order valence-corrected chi connectivity index (χ2v) is 6.66. The lowest BCUT2D eigenvalue weighted by Crippen LogP contribution is -2.29. The second-order valence-electron chi connectivity index (χ2n) is 5.37. The van der Waals surface area contributed by atoms with Crippen molar-refractivity contribution in [1.82, 2.24) is 0 Å². The van der Waals surface area contributed by atoms with E-state index in [1.165, 1.54) is 21.7 Å². The van der Waals surface area contributed by atoms with Crippen LogP contribution in [0.5, 0.6) is 0 Å². The average Bonchev–Trinajstić information content (AvgIpc) is 2.61. The molecular formula is C13H16OS. The summed E-state index contributed by atoms with van der Waals surface area (Å²) < 4.78 is 0. The highest BCUT2D eigenvalue weighted by Crippen LogP contribution is 2.56. The van der Waals surface area contributed by atoms with Crippen molar-refractivity contribution in [2.45, 2.75) is 45.4 Å². The van der Waals surface area contributed by atoms with E-state index in [4.69, 9.17) is 0 Å². The summed E-state index contributed by atoms with van der Waals surface area (Å²) >= 11 is 1.91. The molecule has 1 heterocycles. The van der Waals surface area contributed by atoms with Crippen molar-refractivity contribution >= 4 is 17.1 Å². The van der Waals surface area contributed by atoms with Crippen LogP contribution in [-0.2, 0) is 11.2 Å². The fourth-order valence-electron chi connectivity index (χ4n) is 3.25. The van der Waals surface area contributed by atoms with Crippen LogP contribution >= 0.6 is 11.3 Å². The van der Waals surface area contributed by atoms with Crippen LogP contribution in [0.4, 0.5) is 0 Å². The van der Waals surface area contributed by atoms with E-state index in [-0.39, 0.29) is 0 Å². The topological polar surface area (TPSA) is 17.1 Å². The lowest BCUT2D eigenvalue weighted by molar-refractivity contribution is -0.122. The number of rotatable bonds is 0. The van der Waals surface area contributed by atoms with Gasteiger partial charge < -0.3 is 0 Å². The average molecular weight is 220 g/mol. The summed E-state index contributed by atoms with van der Waals surface area (Å²) in [5, 5.41) is 0. The lowest BCUT2D eigenvalue weighted by atomic mass is 9.69. The van der Waals surface area contributed by atoms with Crippen molar-refractivity contribution in [2.75, 3.05) is 0 Å². The molecule has 0 aromatic carbocycles. The van der Waals surface area contributed by atoms with Crippen LogP contribution in [0.2, 0.25) is 0 Å². The molecule has 0 amide bonds. The third-order valence-electron chi connectivity index (χ3n) is 4.12. The van der Waals surface area contributed by atoms with E-state index in [0.29, 0.717) is 17.1 Å². The summed E-state index contributed by atoms with van der Waals surface area (Å²) in [5.74, 6) is 1.00. The fraction of sp³-hybridized carbons (Fsp3) is 0.615. The molecule has 3 rings (SSSR count). The van der Waals surface area contributed by atoms with Crippen molar-refractivity contribution in [3.05, 3.63) is 21.4 Å². The minimum atomic E-state index is 0.392. The zero-order chi connectivity index (χ0) is 10.6. The molecule has 2 aliphatic carbocycles. The van der Waals surface area contributed by atoms with E-state index in [2.05, 4.69) is 19.9 Å². The van der Waals surface area contributed by atoms with Crippen LogP contribution in [0.15, 0.2) is 6.07 Å². The van der Waals surface area contributed by atoms with Gasteiger partial charge in [0.1, 0.15) is 5.78 Å². The summed E-state index contributed by atoms with van der Waals surface area (Å²) in [6.07, 6.45) is 3.89. The summed E-state index contributed by atoms with van der Waals surface area (Å²) in [6.45, 7) is 4.54. The summed E-state index contributed by atoms with van der Waals surface area (Å²) in [6, 6.07) is 2.33. The Morgan fingerprint density at radius 2 is 2.33 bits per heavy atom. The van der Waals surface area contributed by atoms with E-state index in [1.807, 2.05) is 11.3 Å². The molecule has 1 saturated carbocycles. The van der Waals surface area contributed by atoms with Crippen molar-refractivity contribution in [3.8, 4) is 0 Å². The normalized spacial score (nSPS) is 34.0. The van der Waals surface area contributed by atoms with Gasteiger partial charge in [0, 0.05) is 28.5 Å². The van der Waals surface area contributed by atoms with Crippen LogP contribution < -0.4 is 0 Å². The molecule has 0 N–H and O–H groups in total. The maximum Gasteiger partial charge on any atom is 0.133 e. The minimum Gasteiger partial charge on any atom is -0.300 e. The highest BCUT2D eigenvalue weighted by molar-refractivity contribution is 7.12. The Labute approximate surface area is 94.5 Å². The van der Waals surface area contributed by atoms with Gasteiger partial charge in [-0.1, -0.05) is 6.92 Å². The Kier molecular flexibility index (Phi) is 1.88. The monoisotopic (exact) mass is 220 g/mol. The molecule has 0 aliphatic heterocycles. The maximum absolute atomic E-state index is 11.6. The Morgan fingerprint density at radius 3 is 3.13 bits per heavy atom. The Bertz CT molecular complexity index is 432. The van der Waals surface area contributed by atoms with Crippen molar-refractivity contribution in [2.24, 2.45) is 5.41 Å². The van der Waals surface area contributed by atoms with Gasteiger partial charge in [0.25, 0.3) is 0 Å². The molecule has 1 fully saturated rings. The first-order valence-corrected chi connectivity index (χ1v) is 6.51. The van der Waals surface area contributed by atoms with Crippen LogP contribution in [0.1, 0.15) is 47.4 Å². The maximum atomic E-state index is 11.6. The van der Waals surface area contributed by atoms with E-state index in [9.17, 15) is 4.79 Å². The Balaban J connectivity index is 2.05. The Morgan fingerprint density at radius 1 is 1.53 bits per heavy atom. The Hall–Kier alpha value is -0.630. The van der Waals surface area contributed by atoms with Gasteiger partial charge in [-0.05, 0) is 36.8 Å². The predicted molar refractivity (Wildman–Crippen MR) is 62.5 cm³/mol. The van der Waals surface area contributed by atoms with E-state index < -0.39 is 0 Å². The zero-order valence-electron chi connectivity index (χ0n) is 9.30. The number of hydrogen-bond donors (Lipinski definition) is 0. The van der Waals surface area contributed by atoms with Gasteiger partial charge >= 0.3 is 0 Å². The first kappa shape index (κ1) is 9.59. The van der Waals surface area contributed by atoms with E-state index >= 15 is 0 Å². The molecule has 1 nitrogen and oxygen atoms in total. The number of Topliss-reactive ketones (excluding diaryl/α,β-unsaturated/α-hetero) is 1. The summed E-state index contributed by atoms with van der Waals surface area (Å²) in [5.41, 5.74) is 1.92. The number of aryl methyl sites for hydroxylation is 1. The third-order valence-corrected chi connectivity index (χ3v) is 5.33. The number of ketones is 1. The quantitative estimate of drug-likeness (QED) is 0.654. The molecule has 2 atom stereocenters. The molecule has 0 radical (unpaired) electrons. The van der Waals surface area contributed by atoms with E-state index in [0.717, 1.165) is 19.3 Å². The fourth-order valence-corrected chi connectivity index (χ4v) is 4.57. The number of fused-ring (bicyclic) bond motifs is 3. The van der Waals surface area contributed by atoms with Gasteiger partial charge in [0.2, 0.25) is 0 Å². The molecule has 15 heavy (non-hydrogen) atoms. The molecule has 0 spiro atoms. The van der Waals surface area contributed by atoms with Gasteiger partial charge in [-0.2, -0.15) is 0 Å². The molecule has 0 saturated heterocycles. The van der Waals surface area contributed by atoms with Gasteiger partial charge in [0.05, 0.1) is 0 Å². The molecule has 80 valence electrons. The third kappa shape index (κ3) is 1.31. The molecule has 1 aromatic rings. The highest BCUT2D eigenvalue weighted by atomic mass is 32.1. The van der Waals surface area contributed by atoms with E-state index in [1.54, 1.807) is 0 Å². The molecule has 0 unspecified atom stereocenters. The van der Waals surface area contributed by atoms with Crippen LogP contribution in [-0.4, -0.2) is 5.78 Å². The molecule has 2 aliphatic rings. The number of thiophene rings is 1. The number of carbonyl (C=O) groups excluding carboxylic acids is 1. The smallest absolute Gasteiger partial charge is 0.133 e. The van der Waals surface area contributed by atoms with Crippen LogP contribution in [0.25, 0.3) is 0 Å². The molecule has 0 bridgehead atoms. The first-order valence-electron chi connectivity index (χ1n) is 5.69. The van der Waals surface area contributed by atoms with Gasteiger partial charge in [-0.15, -0.1) is 11.3 Å². The number of hydrogen-bond acceptors (Lipinski definition) is 2. The highest BCUT2D eigenvalue weighted by Gasteiger charge is 2.46. The minimum absolute atomic E-state index is 0.392. The molecular weight excluding hydrogens is 204 g/mol. The van der Waals surface area contributed by atoms with Crippen molar-refractivity contribution in [3.63, 3.8) is 0 Å². The lowest BCUT2D eigenvalue weighted by Gasteiger charge is -2.35. The van der Waals surface area contributed by atoms with Crippen LogP contribution in [0.3, 0.4) is 0 Å². The summed E-state index contributed by atoms with van der Waals surface area (Å²) in [7, 11) is 0.